The predicted octanol–water partition coefficient (Wildman–Crippen LogP) is 3.77. The van der Waals surface area contributed by atoms with Crippen molar-refractivity contribution in [2.45, 2.75) is 13.1 Å². The van der Waals surface area contributed by atoms with Crippen LogP contribution in [-0.2, 0) is 13.1 Å². The van der Waals surface area contributed by atoms with E-state index in [1.165, 1.54) is 5.56 Å². The molecule has 0 aliphatic rings. The molecular formula is C14H16Br2N2O. The van der Waals surface area contributed by atoms with Gasteiger partial charge in [0.1, 0.15) is 5.76 Å². The SMILES string of the molecule is NCCN(Cc1ccccc1)Cc1cc(Br)c(Br)o1. The lowest BCUT2D eigenvalue weighted by Crippen LogP contribution is -2.28. The second-order valence-corrected chi connectivity index (χ2v) is 5.89. The van der Waals surface area contributed by atoms with Crippen LogP contribution in [0.3, 0.4) is 0 Å². The molecule has 0 radical (unpaired) electrons. The molecule has 2 rings (SSSR count). The molecule has 1 aromatic carbocycles. The smallest absolute Gasteiger partial charge is 0.183 e. The van der Waals surface area contributed by atoms with E-state index in [1.807, 2.05) is 12.1 Å². The van der Waals surface area contributed by atoms with Crippen LogP contribution in [0.25, 0.3) is 0 Å². The first kappa shape index (κ1) is 14.8. The van der Waals surface area contributed by atoms with Gasteiger partial charge in [0.15, 0.2) is 4.67 Å². The van der Waals surface area contributed by atoms with Crippen LogP contribution in [0.5, 0.6) is 0 Å². The lowest BCUT2D eigenvalue weighted by Gasteiger charge is -2.20. The summed E-state index contributed by atoms with van der Waals surface area (Å²) in [5, 5.41) is 0. The molecule has 0 bridgehead atoms. The van der Waals surface area contributed by atoms with Crippen molar-refractivity contribution in [2.75, 3.05) is 13.1 Å². The van der Waals surface area contributed by atoms with E-state index in [0.29, 0.717) is 6.54 Å². The summed E-state index contributed by atoms with van der Waals surface area (Å²) in [6, 6.07) is 12.4. The third-order valence-corrected chi connectivity index (χ3v) is 4.48. The van der Waals surface area contributed by atoms with Crippen LogP contribution in [0, 0.1) is 0 Å². The molecule has 2 aromatic rings. The van der Waals surface area contributed by atoms with Gasteiger partial charge in [0.05, 0.1) is 11.0 Å². The van der Waals surface area contributed by atoms with Crippen molar-refractivity contribution in [2.24, 2.45) is 5.73 Å². The number of nitrogens with zero attached hydrogens (tertiary/aromatic N) is 1. The molecule has 0 fully saturated rings. The van der Waals surface area contributed by atoms with E-state index in [1.54, 1.807) is 0 Å². The average molecular weight is 388 g/mol. The summed E-state index contributed by atoms with van der Waals surface area (Å²) < 4.78 is 7.29. The minimum absolute atomic E-state index is 0.635. The summed E-state index contributed by atoms with van der Waals surface area (Å²) in [7, 11) is 0. The quantitative estimate of drug-likeness (QED) is 0.820. The van der Waals surface area contributed by atoms with Crippen LogP contribution in [0.4, 0.5) is 0 Å². The van der Waals surface area contributed by atoms with E-state index in [2.05, 4.69) is 61.0 Å². The van der Waals surface area contributed by atoms with Gasteiger partial charge in [-0.2, -0.15) is 0 Å². The first-order valence-corrected chi connectivity index (χ1v) is 7.67. The second-order valence-electron chi connectivity index (χ2n) is 4.32. The van der Waals surface area contributed by atoms with Gasteiger partial charge in [-0.1, -0.05) is 30.3 Å². The maximum Gasteiger partial charge on any atom is 0.183 e. The number of furan rings is 1. The van der Waals surface area contributed by atoms with Crippen molar-refractivity contribution >= 4 is 31.9 Å². The number of benzene rings is 1. The Morgan fingerprint density at radius 3 is 2.42 bits per heavy atom. The standard InChI is InChI=1S/C14H16Br2N2O/c15-13-8-12(19-14(13)16)10-18(7-6-17)9-11-4-2-1-3-5-11/h1-5,8H,6-7,9-10,17H2. The Morgan fingerprint density at radius 1 is 1.11 bits per heavy atom. The molecule has 1 aromatic heterocycles. The molecule has 0 saturated carbocycles. The van der Waals surface area contributed by atoms with Gasteiger partial charge in [0.2, 0.25) is 0 Å². The van der Waals surface area contributed by atoms with Crippen LogP contribution < -0.4 is 5.73 Å². The summed E-state index contributed by atoms with van der Waals surface area (Å²) >= 11 is 6.78. The zero-order chi connectivity index (χ0) is 13.7. The van der Waals surface area contributed by atoms with Crippen LogP contribution in [-0.4, -0.2) is 18.0 Å². The molecule has 0 unspecified atom stereocenters. The Kier molecular flexibility index (Phi) is 5.63. The lowest BCUT2D eigenvalue weighted by molar-refractivity contribution is 0.240. The van der Waals surface area contributed by atoms with E-state index < -0.39 is 0 Å². The molecule has 1 heterocycles. The van der Waals surface area contributed by atoms with Crippen molar-refractivity contribution in [3.05, 3.63) is 56.9 Å². The third-order valence-electron chi connectivity index (χ3n) is 2.77. The second kappa shape index (κ2) is 7.24. The Morgan fingerprint density at radius 2 is 1.84 bits per heavy atom. The summed E-state index contributed by atoms with van der Waals surface area (Å²) in [6.07, 6.45) is 0. The topological polar surface area (TPSA) is 42.4 Å². The molecule has 0 saturated heterocycles. The van der Waals surface area contributed by atoms with Gasteiger partial charge in [-0.15, -0.1) is 0 Å². The highest BCUT2D eigenvalue weighted by Gasteiger charge is 2.11. The highest BCUT2D eigenvalue weighted by molar-refractivity contribution is 9.13. The maximum atomic E-state index is 5.68. The minimum Gasteiger partial charge on any atom is -0.452 e. The van der Waals surface area contributed by atoms with Gasteiger partial charge in [-0.25, -0.2) is 0 Å². The van der Waals surface area contributed by atoms with Crippen LogP contribution in [0.15, 0.2) is 50.0 Å². The van der Waals surface area contributed by atoms with Crippen molar-refractivity contribution in [1.29, 1.82) is 0 Å². The number of hydrogen-bond donors (Lipinski definition) is 1. The highest BCUT2D eigenvalue weighted by Crippen LogP contribution is 2.27. The van der Waals surface area contributed by atoms with E-state index in [-0.39, 0.29) is 0 Å². The van der Waals surface area contributed by atoms with Gasteiger partial charge >= 0.3 is 0 Å². The molecular weight excluding hydrogens is 372 g/mol. The van der Waals surface area contributed by atoms with E-state index in [4.69, 9.17) is 10.2 Å². The largest absolute Gasteiger partial charge is 0.452 e. The fraction of sp³-hybridized carbons (Fsp3) is 0.286. The Hall–Kier alpha value is -0.620. The summed E-state index contributed by atoms with van der Waals surface area (Å²) in [5.41, 5.74) is 6.96. The molecule has 19 heavy (non-hydrogen) atoms. The normalized spacial score (nSPS) is 11.2. The Bertz CT molecular complexity index is 494. The van der Waals surface area contributed by atoms with Gasteiger partial charge in [-0.3, -0.25) is 4.90 Å². The first-order valence-electron chi connectivity index (χ1n) is 6.09. The fourth-order valence-corrected chi connectivity index (χ4v) is 2.59. The predicted molar refractivity (Wildman–Crippen MR) is 83.7 cm³/mol. The number of hydrogen-bond acceptors (Lipinski definition) is 3. The van der Waals surface area contributed by atoms with Gasteiger partial charge < -0.3 is 10.2 Å². The molecule has 3 nitrogen and oxygen atoms in total. The van der Waals surface area contributed by atoms with E-state index >= 15 is 0 Å². The molecule has 0 aliphatic heterocycles. The number of nitrogens with two attached hydrogens (primary N) is 1. The van der Waals surface area contributed by atoms with Crippen molar-refractivity contribution in [1.82, 2.24) is 4.90 Å². The highest BCUT2D eigenvalue weighted by atomic mass is 79.9. The fourth-order valence-electron chi connectivity index (χ4n) is 1.93. The molecule has 0 atom stereocenters. The number of halogens is 2. The van der Waals surface area contributed by atoms with E-state index in [0.717, 1.165) is 34.5 Å². The van der Waals surface area contributed by atoms with Gasteiger partial charge in [-0.05, 0) is 43.5 Å². The third kappa shape index (κ3) is 4.45. The molecule has 5 heteroatoms. The molecule has 102 valence electrons. The molecule has 0 spiro atoms. The van der Waals surface area contributed by atoms with Crippen molar-refractivity contribution in [3.63, 3.8) is 0 Å². The van der Waals surface area contributed by atoms with E-state index in [9.17, 15) is 0 Å². The monoisotopic (exact) mass is 386 g/mol. The first-order chi connectivity index (χ1) is 9.19. The Balaban J connectivity index is 2.03. The Labute approximate surface area is 130 Å². The van der Waals surface area contributed by atoms with Crippen LogP contribution in [0.1, 0.15) is 11.3 Å². The minimum atomic E-state index is 0.635. The van der Waals surface area contributed by atoms with Gasteiger partial charge in [0, 0.05) is 19.6 Å². The average Bonchev–Trinajstić information content (AvgIpc) is 2.70. The summed E-state index contributed by atoms with van der Waals surface area (Å²) in [4.78, 5) is 2.27. The zero-order valence-electron chi connectivity index (χ0n) is 10.5. The van der Waals surface area contributed by atoms with Crippen LogP contribution in [0.2, 0.25) is 0 Å². The lowest BCUT2D eigenvalue weighted by atomic mass is 10.2. The summed E-state index contributed by atoms with van der Waals surface area (Å²) in [5.74, 6) is 0.920. The molecule has 0 amide bonds. The van der Waals surface area contributed by atoms with Crippen LogP contribution >= 0.6 is 31.9 Å². The van der Waals surface area contributed by atoms with Gasteiger partial charge in [0.25, 0.3) is 0 Å². The molecule has 2 N–H and O–H groups in total. The van der Waals surface area contributed by atoms with Crippen molar-refractivity contribution < 1.29 is 4.42 Å². The maximum absolute atomic E-state index is 5.68. The summed E-state index contributed by atoms with van der Waals surface area (Å²) in [6.45, 7) is 3.09. The molecule has 0 aliphatic carbocycles. The van der Waals surface area contributed by atoms with Crippen molar-refractivity contribution in [3.8, 4) is 0 Å². The zero-order valence-corrected chi connectivity index (χ0v) is 13.7. The number of rotatable bonds is 6.